The van der Waals surface area contributed by atoms with Gasteiger partial charge in [-0.15, -0.1) is 0 Å². The van der Waals surface area contributed by atoms with Gasteiger partial charge in [0.2, 0.25) is 0 Å². The molecule has 2 amide bonds. The number of carbonyl (C=O) groups is 2. The van der Waals surface area contributed by atoms with Crippen molar-refractivity contribution in [1.82, 2.24) is 4.90 Å². The number of likely N-dealkylation sites (N-methyl/N-ethyl adjacent to an activating group) is 1. The first-order valence-electron chi connectivity index (χ1n) is 7.61. The fourth-order valence-electron chi connectivity index (χ4n) is 2.64. The quantitative estimate of drug-likeness (QED) is 0.774. The first kappa shape index (κ1) is 18.4. The van der Waals surface area contributed by atoms with Crippen molar-refractivity contribution < 1.29 is 18.4 Å². The maximum atomic E-state index is 13.5. The molecule has 1 aliphatic rings. The van der Waals surface area contributed by atoms with Crippen molar-refractivity contribution in [3.8, 4) is 0 Å². The third kappa shape index (κ3) is 3.18. The molecular formula is C18H12Cl2F2N2O2. The van der Waals surface area contributed by atoms with Crippen LogP contribution in [0, 0.1) is 11.6 Å². The highest BCUT2D eigenvalue weighted by molar-refractivity contribution is 6.41. The van der Waals surface area contributed by atoms with Gasteiger partial charge in [-0.3, -0.25) is 14.5 Å². The maximum Gasteiger partial charge on any atom is 0.278 e. The molecule has 1 aliphatic heterocycles. The molecule has 0 saturated heterocycles. The summed E-state index contributed by atoms with van der Waals surface area (Å²) in [4.78, 5) is 26.3. The Balaban J connectivity index is 2.13. The number of halogens is 4. The Morgan fingerprint density at radius 3 is 2.35 bits per heavy atom. The van der Waals surface area contributed by atoms with Crippen LogP contribution in [0.15, 0.2) is 42.1 Å². The Morgan fingerprint density at radius 2 is 1.73 bits per heavy atom. The molecule has 8 heteroatoms. The monoisotopic (exact) mass is 396 g/mol. The molecule has 4 nitrogen and oxygen atoms in total. The molecule has 0 spiro atoms. The molecule has 0 aliphatic carbocycles. The minimum atomic E-state index is -1.08. The predicted molar refractivity (Wildman–Crippen MR) is 95.8 cm³/mol. The van der Waals surface area contributed by atoms with Gasteiger partial charge in [0.15, 0.2) is 11.6 Å². The number of carbonyl (C=O) groups excluding carboxylic acids is 2. The Bertz CT molecular complexity index is 960. The van der Waals surface area contributed by atoms with Crippen LogP contribution < -0.4 is 5.32 Å². The lowest BCUT2D eigenvalue weighted by Crippen LogP contribution is -2.32. The highest BCUT2D eigenvalue weighted by atomic mass is 35.5. The van der Waals surface area contributed by atoms with Crippen molar-refractivity contribution in [3.05, 3.63) is 69.3 Å². The molecule has 26 heavy (non-hydrogen) atoms. The smallest absolute Gasteiger partial charge is 0.278 e. The van der Waals surface area contributed by atoms with Crippen LogP contribution in [-0.2, 0) is 9.59 Å². The Morgan fingerprint density at radius 1 is 1.00 bits per heavy atom. The summed E-state index contributed by atoms with van der Waals surface area (Å²) in [5.41, 5.74) is 0.423. The lowest BCUT2D eigenvalue weighted by atomic mass is 10.0. The predicted octanol–water partition coefficient (Wildman–Crippen LogP) is 4.48. The molecule has 0 fully saturated rings. The molecule has 3 rings (SSSR count). The van der Waals surface area contributed by atoms with Gasteiger partial charge < -0.3 is 5.32 Å². The SMILES string of the molecule is CCN1C(=O)C(Nc2ccc(F)c(F)c2)=C(c2ccc(Cl)cc2Cl)C1=O. The lowest BCUT2D eigenvalue weighted by Gasteiger charge is -2.12. The number of amides is 2. The summed E-state index contributed by atoms with van der Waals surface area (Å²) in [7, 11) is 0. The number of anilines is 1. The number of hydrogen-bond donors (Lipinski definition) is 1. The van der Waals surface area contributed by atoms with Gasteiger partial charge in [0, 0.05) is 28.9 Å². The zero-order valence-electron chi connectivity index (χ0n) is 13.4. The molecule has 0 bridgehead atoms. The van der Waals surface area contributed by atoms with Crippen LogP contribution in [0.25, 0.3) is 5.57 Å². The highest BCUT2D eigenvalue weighted by Gasteiger charge is 2.39. The summed E-state index contributed by atoms with van der Waals surface area (Å²) in [5.74, 6) is -3.21. The van der Waals surface area contributed by atoms with Gasteiger partial charge in [-0.2, -0.15) is 0 Å². The zero-order chi connectivity index (χ0) is 19.0. The topological polar surface area (TPSA) is 49.4 Å². The second-order valence-electron chi connectivity index (χ2n) is 5.48. The van der Waals surface area contributed by atoms with E-state index in [0.717, 1.165) is 17.0 Å². The van der Waals surface area contributed by atoms with Crippen LogP contribution in [0.2, 0.25) is 10.0 Å². The minimum absolute atomic E-state index is 0.0447. The maximum absolute atomic E-state index is 13.5. The van der Waals surface area contributed by atoms with Gasteiger partial charge in [0.25, 0.3) is 11.8 Å². The average molecular weight is 397 g/mol. The van der Waals surface area contributed by atoms with Crippen LogP contribution in [-0.4, -0.2) is 23.3 Å². The van der Waals surface area contributed by atoms with E-state index in [2.05, 4.69) is 5.32 Å². The van der Waals surface area contributed by atoms with Crippen LogP contribution >= 0.6 is 23.2 Å². The molecule has 2 aromatic carbocycles. The highest BCUT2D eigenvalue weighted by Crippen LogP contribution is 2.35. The Labute approximate surface area is 158 Å². The summed E-state index contributed by atoms with van der Waals surface area (Å²) < 4.78 is 26.6. The van der Waals surface area contributed by atoms with E-state index in [1.807, 2.05) is 0 Å². The minimum Gasteiger partial charge on any atom is -0.350 e. The van der Waals surface area contributed by atoms with Gasteiger partial charge in [0.05, 0.1) is 10.6 Å². The van der Waals surface area contributed by atoms with Gasteiger partial charge in [0.1, 0.15) is 5.70 Å². The van der Waals surface area contributed by atoms with Gasteiger partial charge >= 0.3 is 0 Å². The molecule has 1 N–H and O–H groups in total. The van der Waals surface area contributed by atoms with Crippen molar-refractivity contribution in [1.29, 1.82) is 0 Å². The van der Waals surface area contributed by atoms with Crippen molar-refractivity contribution in [3.63, 3.8) is 0 Å². The number of imide groups is 1. The van der Waals surface area contributed by atoms with Gasteiger partial charge in [-0.1, -0.05) is 29.3 Å². The second kappa shape index (κ2) is 7.05. The largest absolute Gasteiger partial charge is 0.350 e. The molecule has 2 aromatic rings. The standard InChI is InChI=1S/C18H12Cl2F2N2O2/c1-2-24-17(25)15(11-5-3-9(19)7-12(11)20)16(18(24)26)23-10-4-6-13(21)14(22)8-10/h3-8,23H,2H2,1H3. The molecule has 0 aromatic heterocycles. The van der Waals surface area contributed by atoms with E-state index in [-0.39, 0.29) is 28.5 Å². The summed E-state index contributed by atoms with van der Waals surface area (Å²) in [6.07, 6.45) is 0. The number of hydrogen-bond acceptors (Lipinski definition) is 3. The molecule has 0 radical (unpaired) electrons. The lowest BCUT2D eigenvalue weighted by molar-refractivity contribution is -0.136. The van der Waals surface area contributed by atoms with Crippen LogP contribution in [0.4, 0.5) is 14.5 Å². The molecule has 134 valence electrons. The molecule has 0 saturated carbocycles. The zero-order valence-corrected chi connectivity index (χ0v) is 15.0. The van der Waals surface area contributed by atoms with Crippen LogP contribution in [0.5, 0.6) is 0 Å². The van der Waals surface area contributed by atoms with Crippen molar-refractivity contribution >= 4 is 46.3 Å². The van der Waals surface area contributed by atoms with E-state index in [1.165, 1.54) is 24.3 Å². The first-order chi connectivity index (χ1) is 12.3. The number of benzene rings is 2. The van der Waals surface area contributed by atoms with Crippen molar-refractivity contribution in [2.75, 3.05) is 11.9 Å². The number of nitrogens with one attached hydrogen (secondary N) is 1. The van der Waals surface area contributed by atoms with Gasteiger partial charge in [-0.05, 0) is 31.2 Å². The van der Waals surface area contributed by atoms with E-state index in [1.54, 1.807) is 6.92 Å². The van der Waals surface area contributed by atoms with E-state index in [9.17, 15) is 18.4 Å². The molecular weight excluding hydrogens is 385 g/mol. The summed E-state index contributed by atoms with van der Waals surface area (Å²) in [6.45, 7) is 1.80. The summed E-state index contributed by atoms with van der Waals surface area (Å²) in [5, 5.41) is 3.28. The summed E-state index contributed by atoms with van der Waals surface area (Å²) in [6, 6.07) is 7.60. The van der Waals surface area contributed by atoms with E-state index < -0.39 is 23.4 Å². The third-order valence-corrected chi connectivity index (χ3v) is 4.42. The van der Waals surface area contributed by atoms with E-state index >= 15 is 0 Å². The Kier molecular flexibility index (Phi) is 4.98. The normalized spacial score (nSPS) is 14.4. The molecule has 1 heterocycles. The van der Waals surface area contributed by atoms with E-state index in [0.29, 0.717) is 10.6 Å². The Hall–Kier alpha value is -2.44. The fraction of sp³-hybridized carbons (Fsp3) is 0.111. The molecule has 0 unspecified atom stereocenters. The summed E-state index contributed by atoms with van der Waals surface area (Å²) >= 11 is 12.1. The second-order valence-corrected chi connectivity index (χ2v) is 6.33. The van der Waals surface area contributed by atoms with Gasteiger partial charge in [-0.25, -0.2) is 8.78 Å². The number of rotatable bonds is 4. The fourth-order valence-corrected chi connectivity index (χ4v) is 3.14. The number of nitrogens with zero attached hydrogens (tertiary/aromatic N) is 1. The van der Waals surface area contributed by atoms with Crippen LogP contribution in [0.1, 0.15) is 12.5 Å². The van der Waals surface area contributed by atoms with Crippen molar-refractivity contribution in [2.45, 2.75) is 6.92 Å². The van der Waals surface area contributed by atoms with Crippen LogP contribution in [0.3, 0.4) is 0 Å². The first-order valence-corrected chi connectivity index (χ1v) is 8.37. The average Bonchev–Trinajstić information content (AvgIpc) is 2.81. The van der Waals surface area contributed by atoms with Crippen molar-refractivity contribution in [2.24, 2.45) is 0 Å². The van der Waals surface area contributed by atoms with E-state index in [4.69, 9.17) is 23.2 Å². The third-order valence-electron chi connectivity index (χ3n) is 3.87. The molecule has 0 atom stereocenters.